The lowest BCUT2D eigenvalue weighted by atomic mass is 10.1. The maximum atomic E-state index is 12.3. The Morgan fingerprint density at radius 1 is 1.27 bits per heavy atom. The van der Waals surface area contributed by atoms with Gasteiger partial charge in [0.05, 0.1) is 17.7 Å². The number of carbonyl (C=O) groups is 1. The third kappa shape index (κ3) is 2.84. The van der Waals surface area contributed by atoms with Crippen molar-refractivity contribution in [2.75, 3.05) is 6.61 Å². The smallest absolute Gasteiger partial charge is 0.283 e. The average molecular weight is 365 g/mol. The number of carbonyl (C=O) groups excluding carboxylic acids is 1. The normalized spacial score (nSPS) is 17.7. The van der Waals surface area contributed by atoms with Crippen molar-refractivity contribution in [1.29, 1.82) is 5.41 Å². The van der Waals surface area contributed by atoms with Gasteiger partial charge in [-0.3, -0.25) is 10.2 Å². The molecule has 0 fully saturated rings. The monoisotopic (exact) mass is 365 g/mol. The van der Waals surface area contributed by atoms with Crippen molar-refractivity contribution >= 4 is 40.3 Å². The maximum Gasteiger partial charge on any atom is 0.283 e. The summed E-state index contributed by atoms with van der Waals surface area (Å²) in [5, 5.41) is 14.1. The molecule has 0 saturated heterocycles. The molecule has 2 aliphatic heterocycles. The van der Waals surface area contributed by atoms with Crippen molar-refractivity contribution in [2.45, 2.75) is 6.92 Å². The molecule has 0 bridgehead atoms. The first-order valence-electron chi connectivity index (χ1n) is 8.01. The third-order valence-corrected chi connectivity index (χ3v) is 4.57. The Morgan fingerprint density at radius 2 is 2.08 bits per heavy atom. The molecule has 0 spiro atoms. The van der Waals surface area contributed by atoms with Crippen molar-refractivity contribution in [3.63, 3.8) is 0 Å². The van der Waals surface area contributed by atoms with Crippen LogP contribution in [0, 0.1) is 5.41 Å². The number of aliphatic imine (C=N–C) groups is 1. The zero-order chi connectivity index (χ0) is 18.1. The van der Waals surface area contributed by atoms with Crippen LogP contribution in [-0.4, -0.2) is 38.6 Å². The minimum Gasteiger partial charge on any atom is -0.494 e. The standard InChI is InChI=1S/C18H15N5O2S/c1-2-25-14-7-5-12(6-8-14)22-9-3-4-13(22)10-15-16(19)23-18(21-17(15)24)26-11-20-23/h3-11,19H,2H2,1H3/b15-10-,19-16?. The minimum atomic E-state index is -0.432. The first-order valence-corrected chi connectivity index (χ1v) is 8.89. The van der Waals surface area contributed by atoms with Crippen LogP contribution in [0.2, 0.25) is 0 Å². The van der Waals surface area contributed by atoms with Gasteiger partial charge in [-0.2, -0.15) is 15.1 Å². The van der Waals surface area contributed by atoms with Crippen LogP contribution in [0.1, 0.15) is 12.6 Å². The molecule has 7 nitrogen and oxygen atoms in total. The summed E-state index contributed by atoms with van der Waals surface area (Å²) in [4.78, 5) is 16.3. The fraction of sp³-hybridized carbons (Fsp3) is 0.111. The fourth-order valence-electron chi connectivity index (χ4n) is 2.70. The number of hydrogen-bond acceptors (Lipinski definition) is 5. The van der Waals surface area contributed by atoms with Gasteiger partial charge in [0.1, 0.15) is 5.75 Å². The molecular formula is C18H15N5O2S. The molecule has 0 radical (unpaired) electrons. The predicted octanol–water partition coefficient (Wildman–Crippen LogP) is 3.12. The van der Waals surface area contributed by atoms with Crippen molar-refractivity contribution in [1.82, 2.24) is 9.58 Å². The summed E-state index contributed by atoms with van der Waals surface area (Å²) >= 11 is 1.23. The first kappa shape index (κ1) is 16.3. The van der Waals surface area contributed by atoms with E-state index >= 15 is 0 Å². The number of amides is 1. The number of benzene rings is 1. The number of amidine groups is 2. The van der Waals surface area contributed by atoms with E-state index in [2.05, 4.69) is 10.1 Å². The van der Waals surface area contributed by atoms with Crippen LogP contribution < -0.4 is 4.74 Å². The Labute approximate surface area is 154 Å². The van der Waals surface area contributed by atoms with Gasteiger partial charge in [-0.05, 0) is 61.2 Å². The first-order chi connectivity index (χ1) is 12.7. The van der Waals surface area contributed by atoms with Gasteiger partial charge in [0.2, 0.25) is 0 Å². The molecule has 4 rings (SSSR count). The van der Waals surface area contributed by atoms with Gasteiger partial charge in [-0.25, -0.2) is 0 Å². The number of thioether (sulfide) groups is 1. The molecule has 2 aliphatic rings. The number of hydrazone groups is 1. The van der Waals surface area contributed by atoms with Gasteiger partial charge >= 0.3 is 0 Å². The number of rotatable bonds is 4. The Balaban J connectivity index is 1.69. The van der Waals surface area contributed by atoms with Crippen LogP contribution in [0.5, 0.6) is 5.75 Å². The molecule has 0 saturated carbocycles. The lowest BCUT2D eigenvalue weighted by Crippen LogP contribution is -2.35. The van der Waals surface area contributed by atoms with Crippen molar-refractivity contribution < 1.29 is 9.53 Å². The number of nitrogens with one attached hydrogen (secondary N) is 1. The second kappa shape index (κ2) is 6.64. The summed E-state index contributed by atoms with van der Waals surface area (Å²) in [5.74, 6) is 0.401. The van der Waals surface area contributed by atoms with E-state index < -0.39 is 5.91 Å². The van der Waals surface area contributed by atoms with Crippen molar-refractivity contribution in [3.05, 3.63) is 53.9 Å². The number of hydrogen-bond donors (Lipinski definition) is 1. The van der Waals surface area contributed by atoms with E-state index in [1.165, 1.54) is 16.8 Å². The fourth-order valence-corrected chi connectivity index (χ4v) is 3.31. The molecule has 1 aromatic carbocycles. The van der Waals surface area contributed by atoms with Crippen molar-refractivity contribution in [3.8, 4) is 11.4 Å². The van der Waals surface area contributed by atoms with Gasteiger partial charge in [0, 0.05) is 17.6 Å². The number of nitrogens with zero attached hydrogens (tertiary/aromatic N) is 4. The molecule has 8 heteroatoms. The van der Waals surface area contributed by atoms with Crippen molar-refractivity contribution in [2.24, 2.45) is 10.1 Å². The molecule has 130 valence electrons. The minimum absolute atomic E-state index is 0.0284. The predicted molar refractivity (Wildman–Crippen MR) is 103 cm³/mol. The molecule has 26 heavy (non-hydrogen) atoms. The van der Waals surface area contributed by atoms with E-state index in [4.69, 9.17) is 10.1 Å². The van der Waals surface area contributed by atoms with Crippen LogP contribution in [0.25, 0.3) is 11.8 Å². The number of aromatic nitrogens is 1. The highest BCUT2D eigenvalue weighted by Crippen LogP contribution is 2.26. The van der Waals surface area contributed by atoms with Crippen LogP contribution in [0.15, 0.2) is 58.3 Å². The molecule has 2 aromatic rings. The highest BCUT2D eigenvalue weighted by Gasteiger charge is 2.32. The summed E-state index contributed by atoms with van der Waals surface area (Å²) in [7, 11) is 0. The highest BCUT2D eigenvalue weighted by atomic mass is 32.2. The van der Waals surface area contributed by atoms with Gasteiger partial charge in [-0.1, -0.05) is 0 Å². The quantitative estimate of drug-likeness (QED) is 0.844. The summed E-state index contributed by atoms with van der Waals surface area (Å²) in [6.45, 7) is 2.56. The van der Waals surface area contributed by atoms with Gasteiger partial charge in [0.25, 0.3) is 5.91 Å². The Kier molecular flexibility index (Phi) is 4.18. The molecule has 1 N–H and O–H groups in total. The Hall–Kier alpha value is -3.13. The largest absolute Gasteiger partial charge is 0.494 e. The van der Waals surface area contributed by atoms with E-state index in [-0.39, 0.29) is 11.4 Å². The van der Waals surface area contributed by atoms with E-state index in [1.54, 1.807) is 11.6 Å². The third-order valence-electron chi connectivity index (χ3n) is 3.89. The Morgan fingerprint density at radius 3 is 2.85 bits per heavy atom. The molecule has 1 aromatic heterocycles. The second-order valence-electron chi connectivity index (χ2n) is 5.49. The lowest BCUT2D eigenvalue weighted by molar-refractivity contribution is -0.114. The zero-order valence-corrected chi connectivity index (χ0v) is 14.7. The molecule has 0 unspecified atom stereocenters. The van der Waals surface area contributed by atoms with Crippen LogP contribution in [0.3, 0.4) is 0 Å². The van der Waals surface area contributed by atoms with Crippen LogP contribution in [-0.2, 0) is 4.79 Å². The van der Waals surface area contributed by atoms with E-state index in [1.807, 2.05) is 54.1 Å². The average Bonchev–Trinajstić information content (AvgIpc) is 3.29. The number of ether oxygens (including phenoxy) is 1. The summed E-state index contributed by atoms with van der Waals surface area (Å²) in [6, 6.07) is 11.5. The summed E-state index contributed by atoms with van der Waals surface area (Å²) < 4.78 is 7.40. The topological polar surface area (TPSA) is 83.0 Å². The van der Waals surface area contributed by atoms with Gasteiger partial charge in [0.15, 0.2) is 11.0 Å². The highest BCUT2D eigenvalue weighted by molar-refractivity contribution is 8.25. The Bertz CT molecular complexity index is 972. The van der Waals surface area contributed by atoms with E-state index in [0.717, 1.165) is 17.1 Å². The summed E-state index contributed by atoms with van der Waals surface area (Å²) in [6.07, 6.45) is 3.57. The van der Waals surface area contributed by atoms with Gasteiger partial charge < -0.3 is 9.30 Å². The van der Waals surface area contributed by atoms with Gasteiger partial charge in [-0.15, -0.1) is 0 Å². The molecule has 0 atom stereocenters. The second-order valence-corrected chi connectivity index (χ2v) is 6.30. The lowest BCUT2D eigenvalue weighted by Gasteiger charge is -2.20. The van der Waals surface area contributed by atoms with Crippen LogP contribution in [0.4, 0.5) is 0 Å². The molecule has 0 aliphatic carbocycles. The SMILES string of the molecule is CCOc1ccc(-n2cccc2/C=C2/C(=N)N3N=CSC3=NC2=O)cc1. The van der Waals surface area contributed by atoms with E-state index in [0.29, 0.717) is 11.8 Å². The maximum absolute atomic E-state index is 12.3. The summed E-state index contributed by atoms with van der Waals surface area (Å²) in [5.41, 5.74) is 3.47. The molecule has 1 amide bonds. The zero-order valence-electron chi connectivity index (χ0n) is 13.9. The number of fused-ring (bicyclic) bond motifs is 1. The van der Waals surface area contributed by atoms with Crippen LogP contribution >= 0.6 is 11.8 Å². The molecular weight excluding hydrogens is 350 g/mol. The molecule has 3 heterocycles. The van der Waals surface area contributed by atoms with E-state index in [9.17, 15) is 4.79 Å².